The Morgan fingerprint density at radius 3 is 2.71 bits per heavy atom. The molecule has 0 aliphatic rings. The summed E-state index contributed by atoms with van der Waals surface area (Å²) in [6, 6.07) is 12.9. The standard InChI is InChI=1S/C19H15F2NO2/c1-12(15-10-14-4-2-3-5-18(14)22-11-15)24-19(23)9-13-6-7-16(20)17(21)8-13/h2-8,10-12H,9H2,1H3. The van der Waals surface area contributed by atoms with E-state index in [-0.39, 0.29) is 6.42 Å². The van der Waals surface area contributed by atoms with Crippen molar-refractivity contribution in [1.29, 1.82) is 0 Å². The third-order valence-corrected chi connectivity index (χ3v) is 3.72. The lowest BCUT2D eigenvalue weighted by molar-refractivity contribution is -0.147. The molecule has 0 bridgehead atoms. The second-order valence-electron chi connectivity index (χ2n) is 5.52. The minimum Gasteiger partial charge on any atom is -0.457 e. The molecule has 1 heterocycles. The monoisotopic (exact) mass is 327 g/mol. The molecule has 0 amide bonds. The van der Waals surface area contributed by atoms with Crippen LogP contribution in [0.25, 0.3) is 10.9 Å². The highest BCUT2D eigenvalue weighted by molar-refractivity contribution is 5.79. The SMILES string of the molecule is CC(OC(=O)Cc1ccc(F)c(F)c1)c1cnc2ccccc2c1. The first-order valence-corrected chi connectivity index (χ1v) is 7.51. The second-order valence-corrected chi connectivity index (χ2v) is 5.52. The summed E-state index contributed by atoms with van der Waals surface area (Å²) < 4.78 is 31.4. The van der Waals surface area contributed by atoms with E-state index in [1.165, 1.54) is 6.07 Å². The number of halogens is 2. The van der Waals surface area contributed by atoms with Gasteiger partial charge in [0, 0.05) is 17.1 Å². The van der Waals surface area contributed by atoms with Crippen LogP contribution in [0.3, 0.4) is 0 Å². The Balaban J connectivity index is 1.69. The van der Waals surface area contributed by atoms with Crippen LogP contribution in [0.1, 0.15) is 24.2 Å². The number of hydrogen-bond donors (Lipinski definition) is 0. The van der Waals surface area contributed by atoms with Gasteiger partial charge in [-0.1, -0.05) is 24.3 Å². The van der Waals surface area contributed by atoms with Crippen molar-refractivity contribution in [3.63, 3.8) is 0 Å². The lowest BCUT2D eigenvalue weighted by Crippen LogP contribution is -2.12. The number of carbonyl (C=O) groups excluding carboxylic acids is 1. The van der Waals surface area contributed by atoms with E-state index in [9.17, 15) is 13.6 Å². The van der Waals surface area contributed by atoms with E-state index in [0.717, 1.165) is 28.6 Å². The Bertz CT molecular complexity index is 895. The Hall–Kier alpha value is -2.82. The van der Waals surface area contributed by atoms with E-state index in [4.69, 9.17) is 4.74 Å². The lowest BCUT2D eigenvalue weighted by Gasteiger charge is -2.14. The molecule has 0 N–H and O–H groups in total. The molecule has 0 fully saturated rings. The number of rotatable bonds is 4. The second kappa shape index (κ2) is 6.74. The number of ether oxygens (including phenoxy) is 1. The number of carbonyl (C=O) groups is 1. The van der Waals surface area contributed by atoms with E-state index >= 15 is 0 Å². The normalized spacial score (nSPS) is 12.1. The van der Waals surface area contributed by atoms with Crippen molar-refractivity contribution in [3.8, 4) is 0 Å². The molecule has 3 rings (SSSR count). The molecule has 0 aliphatic carbocycles. The maximum Gasteiger partial charge on any atom is 0.310 e. The molecule has 122 valence electrons. The number of esters is 1. The fraction of sp³-hybridized carbons (Fsp3) is 0.158. The number of para-hydroxylation sites is 1. The Labute approximate surface area is 137 Å². The van der Waals surface area contributed by atoms with Gasteiger partial charge in [-0.25, -0.2) is 8.78 Å². The topological polar surface area (TPSA) is 39.2 Å². The van der Waals surface area contributed by atoms with Crippen molar-refractivity contribution in [1.82, 2.24) is 4.98 Å². The minimum absolute atomic E-state index is 0.122. The van der Waals surface area contributed by atoms with Gasteiger partial charge in [-0.15, -0.1) is 0 Å². The van der Waals surface area contributed by atoms with Crippen LogP contribution in [0.15, 0.2) is 54.7 Å². The molecule has 3 aromatic rings. The summed E-state index contributed by atoms with van der Waals surface area (Å²) >= 11 is 0. The van der Waals surface area contributed by atoms with Crippen LogP contribution < -0.4 is 0 Å². The van der Waals surface area contributed by atoms with Gasteiger partial charge in [0.15, 0.2) is 11.6 Å². The molecule has 0 aliphatic heterocycles. The summed E-state index contributed by atoms with van der Waals surface area (Å²) in [5.41, 5.74) is 2.00. The van der Waals surface area contributed by atoms with Crippen LogP contribution in [0, 0.1) is 11.6 Å². The van der Waals surface area contributed by atoms with E-state index < -0.39 is 23.7 Å². The van der Waals surface area contributed by atoms with Gasteiger partial charge in [0.1, 0.15) is 6.10 Å². The highest BCUT2D eigenvalue weighted by Gasteiger charge is 2.14. The van der Waals surface area contributed by atoms with Crippen molar-refractivity contribution in [2.45, 2.75) is 19.4 Å². The molecule has 0 spiro atoms. The minimum atomic E-state index is -0.980. The van der Waals surface area contributed by atoms with E-state index in [2.05, 4.69) is 4.98 Å². The van der Waals surface area contributed by atoms with Gasteiger partial charge < -0.3 is 4.74 Å². The van der Waals surface area contributed by atoms with Crippen molar-refractivity contribution in [3.05, 3.63) is 77.5 Å². The summed E-state index contributed by atoms with van der Waals surface area (Å²) in [6.07, 6.45) is 1.06. The van der Waals surface area contributed by atoms with Crippen molar-refractivity contribution in [2.24, 2.45) is 0 Å². The highest BCUT2D eigenvalue weighted by atomic mass is 19.2. The van der Waals surface area contributed by atoms with E-state index in [0.29, 0.717) is 5.56 Å². The van der Waals surface area contributed by atoms with Gasteiger partial charge in [-0.05, 0) is 36.8 Å². The molecule has 24 heavy (non-hydrogen) atoms. The Morgan fingerprint density at radius 1 is 1.12 bits per heavy atom. The predicted octanol–water partition coefficient (Wildman–Crippen LogP) is 4.36. The fourth-order valence-corrected chi connectivity index (χ4v) is 2.43. The quantitative estimate of drug-likeness (QED) is 0.668. The lowest BCUT2D eigenvalue weighted by atomic mass is 10.1. The first-order valence-electron chi connectivity index (χ1n) is 7.51. The van der Waals surface area contributed by atoms with Gasteiger partial charge in [0.05, 0.1) is 11.9 Å². The molecule has 2 aromatic carbocycles. The number of pyridine rings is 1. The third-order valence-electron chi connectivity index (χ3n) is 3.72. The molecule has 5 heteroatoms. The maximum absolute atomic E-state index is 13.2. The first-order chi connectivity index (χ1) is 11.5. The molecular weight excluding hydrogens is 312 g/mol. The summed E-state index contributed by atoms with van der Waals surface area (Å²) in [4.78, 5) is 16.3. The van der Waals surface area contributed by atoms with Gasteiger partial charge in [-0.3, -0.25) is 9.78 Å². The number of fused-ring (bicyclic) bond motifs is 1. The Morgan fingerprint density at radius 2 is 1.92 bits per heavy atom. The fourth-order valence-electron chi connectivity index (χ4n) is 2.43. The first kappa shape index (κ1) is 16.1. The molecular formula is C19H15F2NO2. The molecule has 0 radical (unpaired) electrons. The zero-order valence-electron chi connectivity index (χ0n) is 13.0. The zero-order valence-corrected chi connectivity index (χ0v) is 13.0. The maximum atomic E-state index is 13.2. The van der Waals surface area contributed by atoms with Crippen LogP contribution in [0.2, 0.25) is 0 Å². The molecule has 1 atom stereocenters. The van der Waals surface area contributed by atoms with Crippen LogP contribution in [0.4, 0.5) is 8.78 Å². The van der Waals surface area contributed by atoms with Crippen molar-refractivity contribution in [2.75, 3.05) is 0 Å². The Kier molecular flexibility index (Phi) is 4.51. The number of hydrogen-bond acceptors (Lipinski definition) is 3. The summed E-state index contributed by atoms with van der Waals surface area (Å²) in [6.45, 7) is 1.74. The smallest absolute Gasteiger partial charge is 0.310 e. The summed E-state index contributed by atoms with van der Waals surface area (Å²) in [7, 11) is 0. The largest absolute Gasteiger partial charge is 0.457 e. The van der Waals surface area contributed by atoms with Crippen LogP contribution in [-0.2, 0) is 16.0 Å². The van der Waals surface area contributed by atoms with Gasteiger partial charge >= 0.3 is 5.97 Å². The third kappa shape index (κ3) is 3.56. The molecule has 0 saturated carbocycles. The van der Waals surface area contributed by atoms with Gasteiger partial charge in [-0.2, -0.15) is 0 Å². The van der Waals surface area contributed by atoms with Crippen molar-refractivity contribution >= 4 is 16.9 Å². The number of benzene rings is 2. The summed E-state index contributed by atoms with van der Waals surface area (Å²) in [5.74, 6) is -2.43. The predicted molar refractivity (Wildman–Crippen MR) is 86.3 cm³/mol. The van der Waals surface area contributed by atoms with Crippen LogP contribution >= 0.6 is 0 Å². The zero-order chi connectivity index (χ0) is 17.1. The molecule has 1 aromatic heterocycles. The highest BCUT2D eigenvalue weighted by Crippen LogP contribution is 2.21. The molecule has 3 nitrogen and oxygen atoms in total. The molecule has 0 saturated heterocycles. The van der Waals surface area contributed by atoms with E-state index in [1.807, 2.05) is 30.3 Å². The molecule has 1 unspecified atom stereocenters. The number of aromatic nitrogens is 1. The van der Waals surface area contributed by atoms with Gasteiger partial charge in [0.25, 0.3) is 0 Å². The average Bonchev–Trinajstić information content (AvgIpc) is 2.57. The van der Waals surface area contributed by atoms with E-state index in [1.54, 1.807) is 13.1 Å². The summed E-state index contributed by atoms with van der Waals surface area (Å²) in [5, 5.41) is 0.957. The van der Waals surface area contributed by atoms with Crippen molar-refractivity contribution < 1.29 is 18.3 Å². The van der Waals surface area contributed by atoms with Gasteiger partial charge in [0.2, 0.25) is 0 Å². The van der Waals surface area contributed by atoms with Crippen LogP contribution in [0.5, 0.6) is 0 Å². The average molecular weight is 327 g/mol. The van der Waals surface area contributed by atoms with Crippen LogP contribution in [-0.4, -0.2) is 11.0 Å². The number of nitrogens with zero attached hydrogens (tertiary/aromatic N) is 1.